The average Bonchev–Trinajstić information content (AvgIpc) is 1.89. The molecule has 1 N–H and O–H groups in total. The van der Waals surface area contributed by atoms with Gasteiger partial charge in [0.05, 0.1) is 0 Å². The van der Waals surface area contributed by atoms with Crippen molar-refractivity contribution in [3.05, 3.63) is 0 Å². The SMILES string of the molecule is CCCCNC(=S)SCC.[Cu]. The minimum Gasteiger partial charge on any atom is -0.371 e. The van der Waals surface area contributed by atoms with E-state index in [4.69, 9.17) is 12.2 Å². The van der Waals surface area contributed by atoms with E-state index in [1.165, 1.54) is 12.8 Å². The molecule has 0 aromatic rings. The smallest absolute Gasteiger partial charge is 0.133 e. The summed E-state index contributed by atoms with van der Waals surface area (Å²) in [7, 11) is 0. The van der Waals surface area contributed by atoms with Gasteiger partial charge in [-0.3, -0.25) is 0 Å². The van der Waals surface area contributed by atoms with E-state index in [1.807, 2.05) is 0 Å². The predicted molar refractivity (Wildman–Crippen MR) is 53.6 cm³/mol. The molecule has 0 saturated heterocycles. The molecular weight excluding hydrogens is 226 g/mol. The van der Waals surface area contributed by atoms with Crippen molar-refractivity contribution in [2.75, 3.05) is 12.3 Å². The molecule has 71 valence electrons. The molecule has 0 aromatic heterocycles. The molecule has 0 aromatic carbocycles. The van der Waals surface area contributed by atoms with Crippen LogP contribution < -0.4 is 5.32 Å². The zero-order chi connectivity index (χ0) is 7.82. The van der Waals surface area contributed by atoms with Gasteiger partial charge in [-0.25, -0.2) is 0 Å². The third kappa shape index (κ3) is 10.8. The summed E-state index contributed by atoms with van der Waals surface area (Å²) in [5, 5.41) is 3.18. The molecule has 4 heteroatoms. The van der Waals surface area contributed by atoms with Crippen LogP contribution in [-0.2, 0) is 17.1 Å². The molecule has 0 rings (SSSR count). The number of thioether (sulfide) groups is 1. The van der Waals surface area contributed by atoms with Crippen LogP contribution in [0.3, 0.4) is 0 Å². The van der Waals surface area contributed by atoms with Crippen molar-refractivity contribution in [2.45, 2.75) is 26.7 Å². The molecule has 11 heavy (non-hydrogen) atoms. The van der Waals surface area contributed by atoms with Crippen molar-refractivity contribution in [1.82, 2.24) is 5.32 Å². The average molecular weight is 241 g/mol. The van der Waals surface area contributed by atoms with E-state index in [2.05, 4.69) is 19.2 Å². The number of hydrogen-bond acceptors (Lipinski definition) is 2. The Bertz CT molecular complexity index is 98.4. The monoisotopic (exact) mass is 240 g/mol. The fraction of sp³-hybridized carbons (Fsp3) is 0.857. The Morgan fingerprint density at radius 3 is 2.55 bits per heavy atom. The Morgan fingerprint density at radius 1 is 1.45 bits per heavy atom. The fourth-order valence-electron chi connectivity index (χ4n) is 0.549. The van der Waals surface area contributed by atoms with Crippen LogP contribution in [-0.4, -0.2) is 16.6 Å². The third-order valence-corrected chi connectivity index (χ3v) is 2.27. The molecule has 0 heterocycles. The molecule has 0 aliphatic rings. The Kier molecular flexibility index (Phi) is 14.0. The van der Waals surface area contributed by atoms with E-state index in [-0.39, 0.29) is 17.1 Å². The summed E-state index contributed by atoms with van der Waals surface area (Å²) < 4.78 is 0.941. The first-order valence-electron chi connectivity index (χ1n) is 3.71. The third-order valence-electron chi connectivity index (χ3n) is 1.08. The van der Waals surface area contributed by atoms with Gasteiger partial charge >= 0.3 is 0 Å². The van der Waals surface area contributed by atoms with Crippen LogP contribution in [0.1, 0.15) is 26.7 Å². The summed E-state index contributed by atoms with van der Waals surface area (Å²) >= 11 is 6.72. The van der Waals surface area contributed by atoms with Gasteiger partial charge in [-0.05, 0) is 12.2 Å². The minimum absolute atomic E-state index is 0. The van der Waals surface area contributed by atoms with E-state index >= 15 is 0 Å². The molecule has 0 spiro atoms. The maximum atomic E-state index is 5.02. The maximum absolute atomic E-state index is 5.02. The Morgan fingerprint density at radius 2 is 2.09 bits per heavy atom. The van der Waals surface area contributed by atoms with E-state index < -0.39 is 0 Å². The molecule has 0 aliphatic heterocycles. The van der Waals surface area contributed by atoms with E-state index in [0.29, 0.717) is 0 Å². The molecule has 0 unspecified atom stereocenters. The van der Waals surface area contributed by atoms with Crippen molar-refractivity contribution in [3.63, 3.8) is 0 Å². The number of unbranched alkanes of at least 4 members (excludes halogenated alkanes) is 1. The summed E-state index contributed by atoms with van der Waals surface area (Å²) in [6.07, 6.45) is 2.44. The van der Waals surface area contributed by atoms with Crippen molar-refractivity contribution >= 4 is 28.3 Å². The van der Waals surface area contributed by atoms with Crippen LogP contribution in [0.5, 0.6) is 0 Å². The molecule has 0 fully saturated rings. The number of nitrogens with one attached hydrogen (secondary N) is 1. The maximum Gasteiger partial charge on any atom is 0.133 e. The zero-order valence-corrected chi connectivity index (χ0v) is 9.52. The molecule has 0 amide bonds. The molecule has 0 aliphatic carbocycles. The summed E-state index contributed by atoms with van der Waals surface area (Å²) in [6, 6.07) is 0. The van der Waals surface area contributed by atoms with E-state index in [9.17, 15) is 0 Å². The van der Waals surface area contributed by atoms with Crippen molar-refractivity contribution in [2.24, 2.45) is 0 Å². The molecule has 0 bridgehead atoms. The van der Waals surface area contributed by atoms with Gasteiger partial charge in [0.1, 0.15) is 4.32 Å². The predicted octanol–water partition coefficient (Wildman–Crippen LogP) is 2.41. The zero-order valence-electron chi connectivity index (χ0n) is 6.95. The van der Waals surface area contributed by atoms with Crippen molar-refractivity contribution < 1.29 is 17.1 Å². The normalized spacial score (nSPS) is 8.55. The molecule has 0 atom stereocenters. The van der Waals surface area contributed by atoms with Crippen LogP contribution in [0.25, 0.3) is 0 Å². The van der Waals surface area contributed by atoms with Crippen LogP contribution in [0.4, 0.5) is 0 Å². The Labute approximate surface area is 89.6 Å². The molecule has 1 nitrogen and oxygen atoms in total. The second-order valence-electron chi connectivity index (χ2n) is 2.00. The fourth-order valence-corrected chi connectivity index (χ4v) is 1.47. The standard InChI is InChI=1S/C7H15NS2.Cu/c1-3-5-6-8-7(9)10-4-2;/h3-6H2,1-2H3,(H,8,9);. The first kappa shape index (κ1) is 14.3. The summed E-state index contributed by atoms with van der Waals surface area (Å²) in [5.41, 5.74) is 0. The minimum atomic E-state index is 0. The largest absolute Gasteiger partial charge is 0.371 e. The number of thiocarbonyl (C=S) groups is 1. The van der Waals surface area contributed by atoms with Crippen LogP contribution in [0.15, 0.2) is 0 Å². The molecule has 1 radical (unpaired) electrons. The van der Waals surface area contributed by atoms with Gasteiger partial charge in [-0.15, -0.1) is 0 Å². The first-order chi connectivity index (χ1) is 4.81. The Balaban J connectivity index is 0. The summed E-state index contributed by atoms with van der Waals surface area (Å²) in [5.74, 6) is 1.07. The van der Waals surface area contributed by atoms with Gasteiger partial charge < -0.3 is 5.32 Å². The van der Waals surface area contributed by atoms with Gasteiger partial charge in [-0.2, -0.15) is 0 Å². The first-order valence-corrected chi connectivity index (χ1v) is 5.11. The van der Waals surface area contributed by atoms with Gasteiger partial charge in [-0.1, -0.05) is 44.2 Å². The van der Waals surface area contributed by atoms with Crippen LogP contribution in [0, 0.1) is 0 Å². The second kappa shape index (κ2) is 10.8. The van der Waals surface area contributed by atoms with Crippen LogP contribution in [0.2, 0.25) is 0 Å². The quantitative estimate of drug-likeness (QED) is 0.461. The van der Waals surface area contributed by atoms with Crippen molar-refractivity contribution in [3.8, 4) is 0 Å². The summed E-state index contributed by atoms with van der Waals surface area (Å²) in [4.78, 5) is 0. The second-order valence-corrected chi connectivity index (χ2v) is 3.94. The summed E-state index contributed by atoms with van der Waals surface area (Å²) in [6.45, 7) is 5.32. The van der Waals surface area contributed by atoms with E-state index in [1.54, 1.807) is 11.8 Å². The van der Waals surface area contributed by atoms with E-state index in [0.717, 1.165) is 16.6 Å². The van der Waals surface area contributed by atoms with Gasteiger partial charge in [0, 0.05) is 23.6 Å². The Hall–Kier alpha value is 0.759. The number of hydrogen-bond donors (Lipinski definition) is 1. The molecular formula is C7H15CuNS2. The van der Waals surface area contributed by atoms with Gasteiger partial charge in [0.2, 0.25) is 0 Å². The van der Waals surface area contributed by atoms with Crippen molar-refractivity contribution in [1.29, 1.82) is 0 Å². The van der Waals surface area contributed by atoms with Crippen LogP contribution >= 0.6 is 24.0 Å². The van der Waals surface area contributed by atoms with Gasteiger partial charge in [0.15, 0.2) is 0 Å². The topological polar surface area (TPSA) is 12.0 Å². The molecule has 0 saturated carbocycles. The van der Waals surface area contributed by atoms with Gasteiger partial charge in [0.25, 0.3) is 0 Å². The number of rotatable bonds is 4.